The maximum Gasteiger partial charge on any atom is 0.230 e. The van der Waals surface area contributed by atoms with E-state index < -0.39 is 0 Å². The van der Waals surface area contributed by atoms with Gasteiger partial charge in [-0.15, -0.1) is 0 Å². The minimum Gasteiger partial charge on any atom is -0.351 e. The van der Waals surface area contributed by atoms with Gasteiger partial charge in [-0.25, -0.2) is 9.97 Å². The van der Waals surface area contributed by atoms with Crippen LogP contribution in [0.4, 0.5) is 0 Å². The maximum absolute atomic E-state index is 11.9. The normalized spacial score (nSPS) is 10.7. The Morgan fingerprint density at radius 2 is 1.83 bits per heavy atom. The van der Waals surface area contributed by atoms with Crippen LogP contribution in [0.2, 0.25) is 10.0 Å². The van der Waals surface area contributed by atoms with Crippen LogP contribution in [-0.4, -0.2) is 21.6 Å². The number of halogens is 2. The highest BCUT2D eigenvalue weighted by Gasteiger charge is 2.09. The SMILES string of the molecule is Cc1nc(SCC(=O)NCc2ccc(Cl)cc2Cl)nc(C)c1C. The van der Waals surface area contributed by atoms with Crippen LogP contribution in [0.1, 0.15) is 22.5 Å². The molecule has 1 aromatic carbocycles. The predicted octanol–water partition coefficient (Wildman–Crippen LogP) is 4.12. The zero-order valence-electron chi connectivity index (χ0n) is 13.1. The zero-order valence-corrected chi connectivity index (χ0v) is 15.4. The molecule has 0 aliphatic heterocycles. The first kappa shape index (κ1) is 18.0. The molecule has 1 aromatic heterocycles. The second-order valence-electron chi connectivity index (χ2n) is 5.10. The zero-order chi connectivity index (χ0) is 17.0. The molecular weight excluding hydrogens is 353 g/mol. The topological polar surface area (TPSA) is 54.9 Å². The Kier molecular flexibility index (Phi) is 6.27. The number of carbonyl (C=O) groups excluding carboxylic acids is 1. The van der Waals surface area contributed by atoms with Crippen molar-refractivity contribution in [3.63, 3.8) is 0 Å². The molecule has 2 rings (SSSR count). The number of amides is 1. The number of carbonyl (C=O) groups is 1. The molecule has 1 heterocycles. The molecule has 4 nitrogen and oxygen atoms in total. The highest BCUT2D eigenvalue weighted by molar-refractivity contribution is 7.99. The van der Waals surface area contributed by atoms with Crippen LogP contribution < -0.4 is 5.32 Å². The molecular formula is C16H17Cl2N3OS. The first-order chi connectivity index (χ1) is 10.9. The molecule has 7 heteroatoms. The third-order valence-corrected chi connectivity index (χ3v) is 4.87. The number of aromatic nitrogens is 2. The van der Waals surface area contributed by atoms with Gasteiger partial charge in [-0.05, 0) is 44.0 Å². The third-order valence-electron chi connectivity index (χ3n) is 3.44. The molecule has 1 amide bonds. The lowest BCUT2D eigenvalue weighted by Crippen LogP contribution is -2.24. The van der Waals surface area contributed by atoms with Crippen molar-refractivity contribution in [2.75, 3.05) is 5.75 Å². The van der Waals surface area contributed by atoms with E-state index in [9.17, 15) is 4.79 Å². The molecule has 1 N–H and O–H groups in total. The van der Waals surface area contributed by atoms with Crippen LogP contribution >= 0.6 is 35.0 Å². The van der Waals surface area contributed by atoms with Gasteiger partial charge in [-0.2, -0.15) is 0 Å². The number of thioether (sulfide) groups is 1. The molecule has 0 atom stereocenters. The fourth-order valence-electron chi connectivity index (χ4n) is 1.85. The fraction of sp³-hybridized carbons (Fsp3) is 0.312. The van der Waals surface area contributed by atoms with Gasteiger partial charge in [0.15, 0.2) is 5.16 Å². The van der Waals surface area contributed by atoms with Crippen molar-refractivity contribution in [1.82, 2.24) is 15.3 Å². The lowest BCUT2D eigenvalue weighted by molar-refractivity contribution is -0.118. The summed E-state index contributed by atoms with van der Waals surface area (Å²) in [6, 6.07) is 5.20. The van der Waals surface area contributed by atoms with Gasteiger partial charge in [0.05, 0.1) is 5.75 Å². The van der Waals surface area contributed by atoms with Gasteiger partial charge in [-0.3, -0.25) is 4.79 Å². The largest absolute Gasteiger partial charge is 0.351 e. The Labute approximate surface area is 150 Å². The molecule has 122 valence electrons. The molecule has 0 unspecified atom stereocenters. The van der Waals surface area contributed by atoms with Crippen LogP contribution in [0.15, 0.2) is 23.4 Å². The second kappa shape index (κ2) is 7.99. The summed E-state index contributed by atoms with van der Waals surface area (Å²) in [5.41, 5.74) is 3.78. The summed E-state index contributed by atoms with van der Waals surface area (Å²) in [4.78, 5) is 20.7. The Hall–Kier alpha value is -1.30. The molecule has 0 spiro atoms. The van der Waals surface area contributed by atoms with Crippen molar-refractivity contribution < 1.29 is 4.79 Å². The standard InChI is InChI=1S/C16H17Cl2N3OS/c1-9-10(2)20-16(21-11(9)3)23-8-15(22)19-7-12-4-5-13(17)6-14(12)18/h4-6H,7-8H2,1-3H3,(H,19,22). The van der Waals surface area contributed by atoms with E-state index in [1.807, 2.05) is 20.8 Å². The minimum absolute atomic E-state index is 0.0968. The highest BCUT2D eigenvalue weighted by atomic mass is 35.5. The number of hydrogen-bond acceptors (Lipinski definition) is 4. The number of nitrogens with zero attached hydrogens (tertiary/aromatic N) is 2. The Morgan fingerprint density at radius 3 is 2.43 bits per heavy atom. The summed E-state index contributed by atoms with van der Waals surface area (Å²) in [7, 11) is 0. The average Bonchev–Trinajstić information content (AvgIpc) is 2.49. The molecule has 0 radical (unpaired) electrons. The number of rotatable bonds is 5. The van der Waals surface area contributed by atoms with Crippen molar-refractivity contribution >= 4 is 40.9 Å². The predicted molar refractivity (Wildman–Crippen MR) is 95.3 cm³/mol. The van der Waals surface area contributed by atoms with Crippen LogP contribution in [0, 0.1) is 20.8 Å². The van der Waals surface area contributed by atoms with Gasteiger partial charge in [-0.1, -0.05) is 41.0 Å². The van der Waals surface area contributed by atoms with Gasteiger partial charge in [0.2, 0.25) is 5.91 Å². The van der Waals surface area contributed by atoms with Crippen LogP contribution in [0.25, 0.3) is 0 Å². The van der Waals surface area contributed by atoms with E-state index in [1.54, 1.807) is 18.2 Å². The van der Waals surface area contributed by atoms with Gasteiger partial charge < -0.3 is 5.32 Å². The number of nitrogens with one attached hydrogen (secondary N) is 1. The van der Waals surface area contributed by atoms with E-state index >= 15 is 0 Å². The maximum atomic E-state index is 11.9. The van der Waals surface area contributed by atoms with Crippen molar-refractivity contribution in [3.8, 4) is 0 Å². The number of benzene rings is 1. The van der Waals surface area contributed by atoms with E-state index in [-0.39, 0.29) is 11.7 Å². The third kappa shape index (κ3) is 5.09. The number of hydrogen-bond donors (Lipinski definition) is 1. The molecule has 2 aromatic rings. The van der Waals surface area contributed by atoms with Gasteiger partial charge in [0, 0.05) is 28.0 Å². The average molecular weight is 370 g/mol. The van der Waals surface area contributed by atoms with Gasteiger partial charge >= 0.3 is 0 Å². The van der Waals surface area contributed by atoms with Gasteiger partial charge in [0.25, 0.3) is 0 Å². The number of aryl methyl sites for hydroxylation is 2. The highest BCUT2D eigenvalue weighted by Crippen LogP contribution is 2.21. The fourth-order valence-corrected chi connectivity index (χ4v) is 3.09. The lowest BCUT2D eigenvalue weighted by atomic mass is 10.2. The van der Waals surface area contributed by atoms with Crippen LogP contribution in [0.3, 0.4) is 0 Å². The molecule has 0 saturated carbocycles. The molecule has 0 saturated heterocycles. The summed E-state index contributed by atoms with van der Waals surface area (Å²) in [5.74, 6) is 0.160. The van der Waals surface area contributed by atoms with E-state index in [4.69, 9.17) is 23.2 Å². The Balaban J connectivity index is 1.88. The van der Waals surface area contributed by atoms with Crippen LogP contribution in [0.5, 0.6) is 0 Å². The second-order valence-corrected chi connectivity index (χ2v) is 6.89. The monoisotopic (exact) mass is 369 g/mol. The first-order valence-corrected chi connectivity index (χ1v) is 8.76. The van der Waals surface area contributed by atoms with Gasteiger partial charge in [0.1, 0.15) is 0 Å². The minimum atomic E-state index is -0.0968. The summed E-state index contributed by atoms with van der Waals surface area (Å²) in [5, 5.41) is 4.56. The quantitative estimate of drug-likeness (QED) is 0.636. The summed E-state index contributed by atoms with van der Waals surface area (Å²) in [6.07, 6.45) is 0. The molecule has 23 heavy (non-hydrogen) atoms. The van der Waals surface area contributed by atoms with Crippen molar-refractivity contribution in [2.24, 2.45) is 0 Å². The Morgan fingerprint density at radius 1 is 1.17 bits per heavy atom. The summed E-state index contributed by atoms with van der Waals surface area (Å²) in [6.45, 7) is 6.23. The molecule has 0 bridgehead atoms. The van der Waals surface area contributed by atoms with Crippen molar-refractivity contribution in [2.45, 2.75) is 32.5 Å². The Bertz CT molecular complexity index is 714. The van der Waals surface area contributed by atoms with E-state index in [2.05, 4.69) is 15.3 Å². The summed E-state index contributed by atoms with van der Waals surface area (Å²) >= 11 is 13.2. The molecule has 0 aliphatic rings. The van der Waals surface area contributed by atoms with E-state index in [0.29, 0.717) is 21.7 Å². The van der Waals surface area contributed by atoms with E-state index in [0.717, 1.165) is 22.5 Å². The lowest BCUT2D eigenvalue weighted by Gasteiger charge is -2.08. The summed E-state index contributed by atoms with van der Waals surface area (Å²) < 4.78 is 0. The van der Waals surface area contributed by atoms with Crippen LogP contribution in [-0.2, 0) is 11.3 Å². The molecule has 0 fully saturated rings. The van der Waals surface area contributed by atoms with Crippen molar-refractivity contribution in [3.05, 3.63) is 50.8 Å². The van der Waals surface area contributed by atoms with Crippen molar-refractivity contribution in [1.29, 1.82) is 0 Å². The molecule has 0 aliphatic carbocycles. The first-order valence-electron chi connectivity index (χ1n) is 7.02. The smallest absolute Gasteiger partial charge is 0.230 e. The van der Waals surface area contributed by atoms with E-state index in [1.165, 1.54) is 11.8 Å².